The molecule has 0 bridgehead atoms. The van der Waals surface area contributed by atoms with Gasteiger partial charge in [0, 0.05) is 13.1 Å². The first-order chi connectivity index (χ1) is 26.5. The Morgan fingerprint density at radius 1 is 0.745 bits per heavy atom. The largest absolute Gasteiger partial charge is 0.469 e. The molecule has 4 aromatic rings. The number of oxazole rings is 1. The molecule has 2 saturated heterocycles. The molecule has 0 unspecified atom stereocenters. The van der Waals surface area contributed by atoms with Crippen molar-refractivity contribution in [3.05, 3.63) is 65.1 Å². The fourth-order valence-electron chi connectivity index (χ4n) is 7.36. The van der Waals surface area contributed by atoms with Crippen LogP contribution >= 0.6 is 0 Å². The highest BCUT2D eigenvalue weighted by molar-refractivity contribution is 5.86. The van der Waals surface area contributed by atoms with Gasteiger partial charge in [0.1, 0.15) is 28.6 Å². The van der Waals surface area contributed by atoms with Crippen LogP contribution in [0.15, 0.2) is 35.3 Å². The van der Waals surface area contributed by atoms with Crippen LogP contribution in [0, 0.1) is 47.4 Å². The zero-order valence-electron chi connectivity index (χ0n) is 32.1. The summed E-state index contributed by atoms with van der Waals surface area (Å²) in [5, 5.41) is 0. The Hall–Kier alpha value is -5.89. The molecule has 6 rings (SSSR count). The van der Waals surface area contributed by atoms with E-state index >= 15 is 0 Å². The van der Waals surface area contributed by atoms with Crippen molar-refractivity contribution in [1.29, 1.82) is 0 Å². The molecule has 2 amide bonds. The highest BCUT2D eigenvalue weighted by Crippen LogP contribution is 2.35. The lowest BCUT2D eigenvalue weighted by molar-refractivity contribution is -0.148. The number of H-pyrrole nitrogens is 2. The van der Waals surface area contributed by atoms with Gasteiger partial charge in [-0.25, -0.2) is 15.0 Å². The van der Waals surface area contributed by atoms with Crippen molar-refractivity contribution in [2.75, 3.05) is 27.3 Å². The van der Waals surface area contributed by atoms with E-state index in [1.807, 2.05) is 49.6 Å². The van der Waals surface area contributed by atoms with Gasteiger partial charge in [-0.3, -0.25) is 19.2 Å². The number of hydrogen-bond acceptors (Lipinski definition) is 10. The van der Waals surface area contributed by atoms with E-state index in [2.05, 4.69) is 48.6 Å². The SMILES string of the molecule is COC(=O)C[C@H](C(=O)N1CCC[C@H]1c1ncc(C#Cc2ccc(C#Cc3cnc([C@@H]4CCCN4C(=O)[C@@H](CC(=O)OC)C(C)C)[nH]3)c3ocnc23)[nH]1)C(C)C. The molecule has 0 spiro atoms. The lowest BCUT2D eigenvalue weighted by Crippen LogP contribution is -2.39. The summed E-state index contributed by atoms with van der Waals surface area (Å²) < 4.78 is 15.4. The van der Waals surface area contributed by atoms with E-state index in [1.165, 1.54) is 20.6 Å². The summed E-state index contributed by atoms with van der Waals surface area (Å²) in [7, 11) is 2.67. The van der Waals surface area contributed by atoms with Crippen molar-refractivity contribution < 1.29 is 33.1 Å². The Morgan fingerprint density at radius 2 is 1.22 bits per heavy atom. The molecule has 55 heavy (non-hydrogen) atoms. The van der Waals surface area contributed by atoms with Crippen molar-refractivity contribution >= 4 is 34.9 Å². The molecule has 5 heterocycles. The van der Waals surface area contributed by atoms with Gasteiger partial charge in [0.15, 0.2) is 12.0 Å². The Kier molecular flexibility index (Phi) is 12.0. The number of aromatic amines is 2. The molecule has 2 aliphatic heterocycles. The minimum Gasteiger partial charge on any atom is -0.469 e. The van der Waals surface area contributed by atoms with Crippen LogP contribution in [0.5, 0.6) is 0 Å². The van der Waals surface area contributed by atoms with Crippen LogP contribution in [0.3, 0.4) is 0 Å². The normalized spacial score (nSPS) is 17.8. The Morgan fingerprint density at radius 3 is 1.69 bits per heavy atom. The number of fused-ring (bicyclic) bond motifs is 1. The Balaban J connectivity index is 1.15. The number of nitrogens with one attached hydrogen (secondary N) is 2. The standard InChI is InChI=1S/C41H47N7O7/c1-24(2)30(19-34(49)53-5)40(51)47-17-7-9-32(47)38-42-21-28(45-38)15-13-26-11-12-27(37-36(26)44-23-55-37)14-16-29-22-43-39(46-29)33-10-8-18-48(33)41(52)31(25(3)4)20-35(50)54-6/h11-12,21-25,30-33H,7-10,17-20H2,1-6H3,(H,42,45)(H,43,46)/t30-,31-,32-,33-/m0/s1. The average Bonchev–Trinajstić information content (AvgIpc) is 4.02. The third-order valence-electron chi connectivity index (χ3n) is 10.5. The van der Waals surface area contributed by atoms with Gasteiger partial charge in [0.2, 0.25) is 11.8 Å². The predicted molar refractivity (Wildman–Crippen MR) is 200 cm³/mol. The first kappa shape index (κ1) is 38.8. The maximum atomic E-state index is 13.6. The fourth-order valence-corrected chi connectivity index (χ4v) is 7.36. The van der Waals surface area contributed by atoms with Gasteiger partial charge >= 0.3 is 11.9 Å². The second kappa shape index (κ2) is 17.1. The van der Waals surface area contributed by atoms with Gasteiger partial charge in [0.25, 0.3) is 0 Å². The number of carbonyl (C=O) groups is 4. The first-order valence-electron chi connectivity index (χ1n) is 18.7. The molecular formula is C41H47N7O7. The van der Waals surface area contributed by atoms with Crippen molar-refractivity contribution in [3.63, 3.8) is 0 Å². The second-order valence-corrected chi connectivity index (χ2v) is 14.7. The first-order valence-corrected chi connectivity index (χ1v) is 18.7. The molecule has 0 saturated carbocycles. The van der Waals surface area contributed by atoms with Crippen molar-refractivity contribution in [3.8, 4) is 23.7 Å². The van der Waals surface area contributed by atoms with Crippen LogP contribution in [-0.2, 0) is 28.7 Å². The molecule has 288 valence electrons. The number of likely N-dealkylation sites (tertiary alicyclic amines) is 2. The summed E-state index contributed by atoms with van der Waals surface area (Å²) >= 11 is 0. The third kappa shape index (κ3) is 8.59. The van der Waals surface area contributed by atoms with Gasteiger partial charge in [-0.1, -0.05) is 39.5 Å². The molecule has 3 aromatic heterocycles. The van der Waals surface area contributed by atoms with Crippen molar-refractivity contribution in [2.45, 2.75) is 78.3 Å². The third-order valence-corrected chi connectivity index (χ3v) is 10.5. The average molecular weight is 750 g/mol. The molecule has 2 aliphatic rings. The van der Waals surface area contributed by atoms with Crippen LogP contribution in [0.25, 0.3) is 11.1 Å². The predicted octanol–water partition coefficient (Wildman–Crippen LogP) is 5.07. The smallest absolute Gasteiger partial charge is 0.306 e. The summed E-state index contributed by atoms with van der Waals surface area (Å²) in [6.45, 7) is 8.93. The monoisotopic (exact) mass is 749 g/mol. The number of methoxy groups -OCH3 is 2. The zero-order valence-corrected chi connectivity index (χ0v) is 32.1. The number of rotatable bonds is 10. The minimum atomic E-state index is -0.472. The molecule has 2 fully saturated rings. The lowest BCUT2D eigenvalue weighted by Gasteiger charge is -2.29. The highest BCUT2D eigenvalue weighted by atomic mass is 16.5. The van der Waals surface area contributed by atoms with Crippen LogP contribution in [-0.4, -0.2) is 85.8 Å². The van der Waals surface area contributed by atoms with Gasteiger partial charge in [-0.15, -0.1) is 0 Å². The van der Waals surface area contributed by atoms with Gasteiger partial charge in [-0.05, 0) is 61.5 Å². The molecule has 1 aromatic carbocycles. The highest BCUT2D eigenvalue weighted by Gasteiger charge is 2.39. The number of hydrogen-bond donors (Lipinski definition) is 2. The molecule has 14 nitrogen and oxygen atoms in total. The maximum absolute atomic E-state index is 13.6. The Labute approximate surface area is 320 Å². The van der Waals surface area contributed by atoms with E-state index < -0.39 is 23.8 Å². The van der Waals surface area contributed by atoms with Gasteiger partial charge in [-0.2, -0.15) is 0 Å². The van der Waals surface area contributed by atoms with Gasteiger partial charge in [0.05, 0.1) is 74.5 Å². The van der Waals surface area contributed by atoms with E-state index in [9.17, 15) is 19.2 Å². The zero-order chi connectivity index (χ0) is 39.2. The summed E-state index contributed by atoms with van der Waals surface area (Å²) in [4.78, 5) is 74.9. The van der Waals surface area contributed by atoms with E-state index in [1.54, 1.807) is 12.4 Å². The second-order valence-electron chi connectivity index (χ2n) is 14.7. The molecule has 4 atom stereocenters. The fraction of sp³-hybridized carbons (Fsp3) is 0.488. The minimum absolute atomic E-state index is 0.0219. The number of esters is 2. The summed E-state index contributed by atoms with van der Waals surface area (Å²) in [6.07, 6.45) is 7.93. The molecule has 0 radical (unpaired) electrons. The maximum Gasteiger partial charge on any atom is 0.306 e. The number of carbonyl (C=O) groups excluding carboxylic acids is 4. The van der Waals surface area contributed by atoms with E-state index in [-0.39, 0.29) is 48.6 Å². The lowest BCUT2D eigenvalue weighted by atomic mass is 9.91. The van der Waals surface area contributed by atoms with E-state index in [0.717, 1.165) is 25.7 Å². The van der Waals surface area contributed by atoms with Crippen molar-refractivity contribution in [2.24, 2.45) is 23.7 Å². The number of imidazole rings is 2. The van der Waals surface area contributed by atoms with Crippen LogP contribution in [0.2, 0.25) is 0 Å². The van der Waals surface area contributed by atoms with Crippen LogP contribution in [0.4, 0.5) is 0 Å². The topological polar surface area (TPSA) is 177 Å². The molecule has 2 N–H and O–H groups in total. The van der Waals surface area contributed by atoms with Crippen LogP contribution in [0.1, 0.15) is 112 Å². The summed E-state index contributed by atoms with van der Waals surface area (Å²) in [5.74, 6) is 12.0. The number of aromatic nitrogens is 5. The summed E-state index contributed by atoms with van der Waals surface area (Å²) in [5.41, 5.74) is 3.50. The molecule has 0 aliphatic carbocycles. The Bertz CT molecular complexity index is 2020. The quantitative estimate of drug-likeness (QED) is 0.164. The van der Waals surface area contributed by atoms with E-state index in [4.69, 9.17) is 13.9 Å². The number of ether oxygens (including phenoxy) is 2. The van der Waals surface area contributed by atoms with Gasteiger partial charge < -0.3 is 33.7 Å². The van der Waals surface area contributed by atoms with E-state index in [0.29, 0.717) is 58.4 Å². The molecular weight excluding hydrogens is 702 g/mol. The number of nitrogens with zero attached hydrogens (tertiary/aromatic N) is 5. The summed E-state index contributed by atoms with van der Waals surface area (Å²) in [6, 6.07) is 3.19. The van der Waals surface area contributed by atoms with Crippen LogP contribution < -0.4 is 0 Å². The molecule has 14 heteroatoms. The van der Waals surface area contributed by atoms with Crippen molar-refractivity contribution in [1.82, 2.24) is 34.7 Å². The number of amides is 2. The number of benzene rings is 1.